The van der Waals surface area contributed by atoms with E-state index in [0.29, 0.717) is 29.9 Å². The fourth-order valence-corrected chi connectivity index (χ4v) is 2.73. The van der Waals surface area contributed by atoms with E-state index in [1.807, 2.05) is 6.07 Å². The molecule has 0 radical (unpaired) electrons. The number of nitrogens with one attached hydrogen (secondary N) is 1. The van der Waals surface area contributed by atoms with Crippen molar-refractivity contribution >= 4 is 0 Å². The van der Waals surface area contributed by atoms with E-state index in [9.17, 15) is 13.2 Å². The molecular formula is C17H17F3N2O. The number of ether oxygens (including phenoxy) is 1. The standard InChI is InChI=1S/C17H17F3N2O/c1-10(2)23-15-13-9-21-8-12(13)14(11-6-4-3-5-7-11)22-16(15)17(18,19)20/h3-7,10,21H,8-9H2,1-2H3. The molecule has 1 aliphatic heterocycles. The largest absolute Gasteiger partial charge is 0.488 e. The van der Waals surface area contributed by atoms with Gasteiger partial charge in [-0.2, -0.15) is 13.2 Å². The Morgan fingerprint density at radius 3 is 2.35 bits per heavy atom. The summed E-state index contributed by atoms with van der Waals surface area (Å²) in [6, 6.07) is 8.94. The molecule has 1 aromatic carbocycles. The van der Waals surface area contributed by atoms with E-state index in [4.69, 9.17) is 4.74 Å². The van der Waals surface area contributed by atoms with Gasteiger partial charge in [0.05, 0.1) is 11.8 Å². The van der Waals surface area contributed by atoms with E-state index < -0.39 is 11.9 Å². The summed E-state index contributed by atoms with van der Waals surface area (Å²) in [5, 5.41) is 3.10. The summed E-state index contributed by atoms with van der Waals surface area (Å²) in [6.45, 7) is 4.25. The number of fused-ring (bicyclic) bond motifs is 1. The Bertz CT molecular complexity index is 712. The highest BCUT2D eigenvalue weighted by atomic mass is 19.4. The summed E-state index contributed by atoms with van der Waals surface area (Å²) in [7, 11) is 0. The SMILES string of the molecule is CC(C)Oc1c(C(F)(F)F)nc(-c2ccccc2)c2c1CNC2. The van der Waals surface area contributed by atoms with Crippen LogP contribution in [0.2, 0.25) is 0 Å². The number of hydrogen-bond acceptors (Lipinski definition) is 3. The van der Waals surface area contributed by atoms with Gasteiger partial charge in [-0.15, -0.1) is 0 Å². The van der Waals surface area contributed by atoms with Crippen LogP contribution in [0.4, 0.5) is 13.2 Å². The Balaban J connectivity index is 2.26. The molecule has 2 aromatic rings. The van der Waals surface area contributed by atoms with Gasteiger partial charge in [-0.1, -0.05) is 30.3 Å². The van der Waals surface area contributed by atoms with E-state index >= 15 is 0 Å². The third-order valence-electron chi connectivity index (χ3n) is 3.64. The first-order valence-electron chi connectivity index (χ1n) is 7.43. The minimum atomic E-state index is -4.56. The Hall–Kier alpha value is -2.08. The number of benzene rings is 1. The van der Waals surface area contributed by atoms with Crippen molar-refractivity contribution in [1.82, 2.24) is 10.3 Å². The van der Waals surface area contributed by atoms with Gasteiger partial charge in [0.15, 0.2) is 11.4 Å². The van der Waals surface area contributed by atoms with Crippen LogP contribution in [-0.2, 0) is 19.3 Å². The van der Waals surface area contributed by atoms with Gasteiger partial charge < -0.3 is 10.1 Å². The van der Waals surface area contributed by atoms with Crippen LogP contribution < -0.4 is 10.1 Å². The van der Waals surface area contributed by atoms with Gasteiger partial charge in [0.25, 0.3) is 0 Å². The molecule has 0 fully saturated rings. The molecule has 0 bridgehead atoms. The number of rotatable bonds is 3. The first-order valence-corrected chi connectivity index (χ1v) is 7.43. The lowest BCUT2D eigenvalue weighted by Gasteiger charge is -2.20. The number of halogens is 3. The average Bonchev–Trinajstić information content (AvgIpc) is 2.96. The normalized spacial score (nSPS) is 14.2. The lowest BCUT2D eigenvalue weighted by atomic mass is 10.0. The van der Waals surface area contributed by atoms with Gasteiger partial charge in [-0.25, -0.2) is 4.98 Å². The molecule has 6 heteroatoms. The fraction of sp³-hybridized carbons (Fsp3) is 0.353. The van der Waals surface area contributed by atoms with E-state index in [-0.39, 0.29) is 11.9 Å². The summed E-state index contributed by atoms with van der Waals surface area (Å²) in [6.07, 6.45) is -4.92. The summed E-state index contributed by atoms with van der Waals surface area (Å²) < 4.78 is 46.0. The quantitative estimate of drug-likeness (QED) is 0.921. The van der Waals surface area contributed by atoms with E-state index in [1.54, 1.807) is 38.1 Å². The molecule has 0 saturated heterocycles. The summed E-state index contributed by atoms with van der Waals surface area (Å²) in [4.78, 5) is 3.95. The second-order valence-electron chi connectivity index (χ2n) is 5.73. The highest BCUT2D eigenvalue weighted by Gasteiger charge is 2.40. The summed E-state index contributed by atoms with van der Waals surface area (Å²) >= 11 is 0. The van der Waals surface area contributed by atoms with Crippen molar-refractivity contribution in [2.75, 3.05) is 0 Å². The molecule has 122 valence electrons. The molecule has 23 heavy (non-hydrogen) atoms. The zero-order valence-electron chi connectivity index (χ0n) is 12.9. The third-order valence-corrected chi connectivity index (χ3v) is 3.64. The topological polar surface area (TPSA) is 34.1 Å². The Labute approximate surface area is 132 Å². The van der Waals surface area contributed by atoms with Gasteiger partial charge in [0.1, 0.15) is 0 Å². The van der Waals surface area contributed by atoms with E-state index in [2.05, 4.69) is 10.3 Å². The number of alkyl halides is 3. The van der Waals surface area contributed by atoms with Gasteiger partial charge in [0.2, 0.25) is 0 Å². The fourth-order valence-electron chi connectivity index (χ4n) is 2.73. The minimum Gasteiger partial charge on any atom is -0.488 e. The van der Waals surface area contributed by atoms with Crippen molar-refractivity contribution in [3.63, 3.8) is 0 Å². The predicted octanol–water partition coefficient (Wildman–Crippen LogP) is 4.16. The van der Waals surface area contributed by atoms with E-state index in [0.717, 1.165) is 5.56 Å². The van der Waals surface area contributed by atoms with Crippen LogP contribution in [0.25, 0.3) is 11.3 Å². The monoisotopic (exact) mass is 322 g/mol. The van der Waals surface area contributed by atoms with Crippen LogP contribution in [0.3, 0.4) is 0 Å². The molecule has 0 unspecified atom stereocenters. The molecule has 1 aromatic heterocycles. The second-order valence-corrected chi connectivity index (χ2v) is 5.73. The molecular weight excluding hydrogens is 305 g/mol. The second kappa shape index (κ2) is 5.85. The number of aromatic nitrogens is 1. The van der Waals surface area contributed by atoms with Crippen LogP contribution in [0.15, 0.2) is 30.3 Å². The first-order chi connectivity index (χ1) is 10.9. The average molecular weight is 322 g/mol. The van der Waals surface area contributed by atoms with Crippen molar-refractivity contribution in [3.8, 4) is 17.0 Å². The molecule has 0 atom stereocenters. The van der Waals surface area contributed by atoms with Crippen LogP contribution in [-0.4, -0.2) is 11.1 Å². The maximum atomic E-state index is 13.5. The molecule has 2 heterocycles. The molecule has 0 saturated carbocycles. The van der Waals surface area contributed by atoms with Crippen LogP contribution >= 0.6 is 0 Å². The first kappa shape index (κ1) is 15.8. The van der Waals surface area contributed by atoms with Gasteiger partial charge in [-0.05, 0) is 13.8 Å². The molecule has 1 aliphatic rings. The zero-order chi connectivity index (χ0) is 16.6. The Kier molecular flexibility index (Phi) is 4.02. The molecule has 1 N–H and O–H groups in total. The summed E-state index contributed by atoms with van der Waals surface area (Å²) in [5.74, 6) is -0.146. The minimum absolute atomic E-state index is 0.146. The molecule has 0 aliphatic carbocycles. The van der Waals surface area contributed by atoms with Gasteiger partial charge in [-0.3, -0.25) is 0 Å². The lowest BCUT2D eigenvalue weighted by Crippen LogP contribution is -2.17. The number of hydrogen-bond donors (Lipinski definition) is 1. The molecule has 0 spiro atoms. The highest BCUT2D eigenvalue weighted by Crippen LogP contribution is 2.43. The predicted molar refractivity (Wildman–Crippen MR) is 81.0 cm³/mol. The van der Waals surface area contributed by atoms with Crippen LogP contribution in [0.1, 0.15) is 30.7 Å². The maximum Gasteiger partial charge on any atom is 0.437 e. The van der Waals surface area contributed by atoms with Crippen molar-refractivity contribution in [2.24, 2.45) is 0 Å². The maximum absolute atomic E-state index is 13.5. The molecule has 3 nitrogen and oxygen atoms in total. The highest BCUT2D eigenvalue weighted by molar-refractivity contribution is 5.68. The van der Waals surface area contributed by atoms with Crippen molar-refractivity contribution in [3.05, 3.63) is 47.2 Å². The number of nitrogens with zero attached hydrogens (tertiary/aromatic N) is 1. The van der Waals surface area contributed by atoms with E-state index in [1.165, 1.54) is 0 Å². The molecule has 0 amide bonds. The number of pyridine rings is 1. The van der Waals surface area contributed by atoms with Crippen LogP contribution in [0.5, 0.6) is 5.75 Å². The van der Waals surface area contributed by atoms with Gasteiger partial charge >= 0.3 is 6.18 Å². The Morgan fingerprint density at radius 1 is 1.09 bits per heavy atom. The molecule has 3 rings (SSSR count). The van der Waals surface area contributed by atoms with Crippen LogP contribution in [0, 0.1) is 0 Å². The van der Waals surface area contributed by atoms with Gasteiger partial charge in [0, 0.05) is 29.8 Å². The zero-order valence-corrected chi connectivity index (χ0v) is 12.9. The van der Waals surface area contributed by atoms with Crippen molar-refractivity contribution in [2.45, 2.75) is 39.2 Å². The third kappa shape index (κ3) is 3.03. The van der Waals surface area contributed by atoms with Crippen molar-refractivity contribution < 1.29 is 17.9 Å². The lowest BCUT2D eigenvalue weighted by molar-refractivity contribution is -0.142. The summed E-state index contributed by atoms with van der Waals surface area (Å²) in [5.41, 5.74) is 1.43. The smallest absolute Gasteiger partial charge is 0.437 e. The Morgan fingerprint density at radius 2 is 1.74 bits per heavy atom. The van der Waals surface area contributed by atoms with Crippen molar-refractivity contribution in [1.29, 1.82) is 0 Å².